The molecule has 0 amide bonds. The minimum atomic E-state index is 0.741. The van der Waals surface area contributed by atoms with Gasteiger partial charge in [-0.15, -0.1) is 0 Å². The third-order valence-electron chi connectivity index (χ3n) is 2.80. The van der Waals surface area contributed by atoms with Gasteiger partial charge in [-0.2, -0.15) is 0 Å². The first-order valence-electron chi connectivity index (χ1n) is 5.84. The lowest BCUT2D eigenvalue weighted by molar-refractivity contribution is 0.388. The van der Waals surface area contributed by atoms with Gasteiger partial charge in [0.25, 0.3) is 0 Å². The molecule has 3 heteroatoms. The molecule has 0 saturated carbocycles. The molecule has 1 aromatic heterocycles. The van der Waals surface area contributed by atoms with Gasteiger partial charge in [0.2, 0.25) is 0 Å². The van der Waals surface area contributed by atoms with Gasteiger partial charge in [0, 0.05) is 19.2 Å². The van der Waals surface area contributed by atoms with E-state index in [9.17, 15) is 0 Å². The van der Waals surface area contributed by atoms with Crippen molar-refractivity contribution in [1.82, 2.24) is 10.5 Å². The molecule has 0 fully saturated rings. The molecule has 2 rings (SSSR count). The first-order valence-corrected chi connectivity index (χ1v) is 5.84. The summed E-state index contributed by atoms with van der Waals surface area (Å²) in [6.07, 6.45) is 0. The van der Waals surface area contributed by atoms with E-state index in [1.807, 2.05) is 13.0 Å². The topological polar surface area (TPSA) is 38.1 Å². The van der Waals surface area contributed by atoms with E-state index in [4.69, 9.17) is 4.52 Å². The minimum absolute atomic E-state index is 0.741. The van der Waals surface area contributed by atoms with E-state index in [1.54, 1.807) is 0 Å². The Hall–Kier alpha value is -1.61. The van der Waals surface area contributed by atoms with Crippen molar-refractivity contribution in [2.75, 3.05) is 0 Å². The number of aromatic nitrogens is 1. The third-order valence-corrected chi connectivity index (χ3v) is 2.80. The molecule has 0 bridgehead atoms. The molecule has 1 aromatic carbocycles. The normalized spacial score (nSPS) is 10.8. The van der Waals surface area contributed by atoms with Crippen molar-refractivity contribution >= 4 is 0 Å². The summed E-state index contributed by atoms with van der Waals surface area (Å²) in [5, 5.41) is 7.33. The van der Waals surface area contributed by atoms with Crippen molar-refractivity contribution in [1.29, 1.82) is 0 Å². The maximum absolute atomic E-state index is 5.02. The maximum Gasteiger partial charge on any atom is 0.133 e. The second kappa shape index (κ2) is 5.15. The van der Waals surface area contributed by atoms with Gasteiger partial charge in [-0.1, -0.05) is 28.9 Å². The highest BCUT2D eigenvalue weighted by atomic mass is 16.5. The molecular formula is C14H18N2O. The minimum Gasteiger partial charge on any atom is -0.361 e. The molecule has 0 radical (unpaired) electrons. The quantitative estimate of drug-likeness (QED) is 0.877. The van der Waals surface area contributed by atoms with Crippen LogP contribution in [0.3, 0.4) is 0 Å². The lowest BCUT2D eigenvalue weighted by Crippen LogP contribution is -2.13. The molecule has 0 unspecified atom stereocenters. The Morgan fingerprint density at radius 1 is 1.12 bits per heavy atom. The summed E-state index contributed by atoms with van der Waals surface area (Å²) in [5.74, 6) is 0.855. The van der Waals surface area contributed by atoms with Gasteiger partial charge in [0.15, 0.2) is 0 Å². The van der Waals surface area contributed by atoms with Crippen LogP contribution in [0.25, 0.3) is 0 Å². The fraction of sp³-hybridized carbons (Fsp3) is 0.357. The standard InChI is InChI=1S/C14H18N2O/c1-10-4-5-11(2)13(6-10)8-15-9-14-7-12(3)17-16-14/h4-7,15H,8-9H2,1-3H3. The Balaban J connectivity index is 1.91. The second-order valence-corrected chi connectivity index (χ2v) is 4.46. The summed E-state index contributed by atoms with van der Waals surface area (Å²) in [6.45, 7) is 7.76. The zero-order valence-electron chi connectivity index (χ0n) is 10.6. The number of nitrogens with zero attached hydrogens (tertiary/aromatic N) is 1. The number of aryl methyl sites for hydroxylation is 3. The van der Waals surface area contributed by atoms with Crippen LogP contribution in [0.5, 0.6) is 0 Å². The number of hydrogen-bond donors (Lipinski definition) is 1. The fourth-order valence-corrected chi connectivity index (χ4v) is 1.82. The van der Waals surface area contributed by atoms with E-state index in [-0.39, 0.29) is 0 Å². The van der Waals surface area contributed by atoms with E-state index in [1.165, 1.54) is 16.7 Å². The van der Waals surface area contributed by atoms with Crippen LogP contribution in [0.15, 0.2) is 28.8 Å². The van der Waals surface area contributed by atoms with E-state index in [0.717, 1.165) is 24.5 Å². The monoisotopic (exact) mass is 230 g/mol. The SMILES string of the molecule is Cc1ccc(C)c(CNCc2cc(C)on2)c1. The molecule has 1 heterocycles. The average molecular weight is 230 g/mol. The van der Waals surface area contributed by atoms with E-state index >= 15 is 0 Å². The molecule has 3 nitrogen and oxygen atoms in total. The molecular weight excluding hydrogens is 212 g/mol. The van der Waals surface area contributed by atoms with Crippen LogP contribution in [0.1, 0.15) is 28.1 Å². The van der Waals surface area contributed by atoms with E-state index < -0.39 is 0 Å². The summed E-state index contributed by atoms with van der Waals surface area (Å²) < 4.78 is 5.02. The van der Waals surface area contributed by atoms with Gasteiger partial charge in [-0.05, 0) is 31.9 Å². The summed E-state index contributed by atoms with van der Waals surface area (Å²) >= 11 is 0. The third kappa shape index (κ3) is 3.17. The first-order chi connectivity index (χ1) is 8.15. The van der Waals surface area contributed by atoms with Crippen molar-refractivity contribution in [3.63, 3.8) is 0 Å². The Bertz CT molecular complexity index is 503. The fourth-order valence-electron chi connectivity index (χ4n) is 1.82. The molecule has 2 aromatic rings. The molecule has 0 atom stereocenters. The van der Waals surface area contributed by atoms with Crippen molar-refractivity contribution in [2.24, 2.45) is 0 Å². The molecule has 0 saturated heterocycles. The predicted molar refractivity (Wildman–Crippen MR) is 67.7 cm³/mol. The number of hydrogen-bond acceptors (Lipinski definition) is 3. The lowest BCUT2D eigenvalue weighted by atomic mass is 10.1. The highest BCUT2D eigenvalue weighted by Gasteiger charge is 2.01. The smallest absolute Gasteiger partial charge is 0.133 e. The van der Waals surface area contributed by atoms with Crippen molar-refractivity contribution in [2.45, 2.75) is 33.9 Å². The number of benzene rings is 1. The summed E-state index contributed by atoms with van der Waals surface area (Å²) in [4.78, 5) is 0. The Labute approximate surface area is 102 Å². The van der Waals surface area contributed by atoms with Gasteiger partial charge >= 0.3 is 0 Å². The molecule has 0 spiro atoms. The zero-order chi connectivity index (χ0) is 12.3. The molecule has 0 aliphatic heterocycles. The molecule has 0 aliphatic rings. The number of rotatable bonds is 4. The zero-order valence-corrected chi connectivity index (χ0v) is 10.6. The lowest BCUT2D eigenvalue weighted by Gasteiger charge is -2.07. The molecule has 17 heavy (non-hydrogen) atoms. The van der Waals surface area contributed by atoms with Crippen LogP contribution in [0, 0.1) is 20.8 Å². The summed E-state index contributed by atoms with van der Waals surface area (Å²) in [5.41, 5.74) is 4.90. The van der Waals surface area contributed by atoms with Crippen molar-refractivity contribution in [3.05, 3.63) is 52.4 Å². The highest BCUT2D eigenvalue weighted by Crippen LogP contribution is 2.10. The van der Waals surface area contributed by atoms with E-state index in [0.29, 0.717) is 0 Å². The van der Waals surface area contributed by atoms with Crippen molar-refractivity contribution < 1.29 is 4.52 Å². The first kappa shape index (κ1) is 11.9. The molecule has 0 aliphatic carbocycles. The van der Waals surface area contributed by atoms with Crippen LogP contribution in [0.4, 0.5) is 0 Å². The van der Waals surface area contributed by atoms with Gasteiger partial charge in [0.05, 0.1) is 5.69 Å². The van der Waals surface area contributed by atoms with Gasteiger partial charge in [-0.3, -0.25) is 0 Å². The predicted octanol–water partition coefficient (Wildman–Crippen LogP) is 2.89. The van der Waals surface area contributed by atoms with Crippen LogP contribution in [-0.2, 0) is 13.1 Å². The Kier molecular flexibility index (Phi) is 3.59. The summed E-state index contributed by atoms with van der Waals surface area (Å²) in [7, 11) is 0. The second-order valence-electron chi connectivity index (χ2n) is 4.46. The largest absolute Gasteiger partial charge is 0.361 e. The van der Waals surface area contributed by atoms with Crippen LogP contribution in [-0.4, -0.2) is 5.16 Å². The average Bonchev–Trinajstić information content (AvgIpc) is 2.69. The van der Waals surface area contributed by atoms with Gasteiger partial charge in [-0.25, -0.2) is 0 Å². The molecule has 1 N–H and O–H groups in total. The van der Waals surface area contributed by atoms with E-state index in [2.05, 4.69) is 42.5 Å². The van der Waals surface area contributed by atoms with Gasteiger partial charge < -0.3 is 9.84 Å². The van der Waals surface area contributed by atoms with Crippen LogP contribution < -0.4 is 5.32 Å². The highest BCUT2D eigenvalue weighted by molar-refractivity contribution is 5.30. The summed E-state index contributed by atoms with van der Waals surface area (Å²) in [6, 6.07) is 8.47. The van der Waals surface area contributed by atoms with Crippen LogP contribution >= 0.6 is 0 Å². The van der Waals surface area contributed by atoms with Crippen LogP contribution in [0.2, 0.25) is 0 Å². The number of nitrogens with one attached hydrogen (secondary N) is 1. The van der Waals surface area contributed by atoms with Crippen molar-refractivity contribution in [3.8, 4) is 0 Å². The maximum atomic E-state index is 5.02. The van der Waals surface area contributed by atoms with Gasteiger partial charge in [0.1, 0.15) is 5.76 Å². The molecule has 90 valence electrons. The Morgan fingerprint density at radius 3 is 2.65 bits per heavy atom. The Morgan fingerprint density at radius 2 is 1.94 bits per heavy atom.